The van der Waals surface area contributed by atoms with Gasteiger partial charge in [0.05, 0.1) is 19.1 Å². The van der Waals surface area contributed by atoms with Gasteiger partial charge in [0, 0.05) is 31.2 Å². The number of carboxylic acid groups (broad SMARTS) is 1. The number of nitrogens with zero attached hydrogens (tertiary/aromatic N) is 2. The first-order valence-electron chi connectivity index (χ1n) is 6.77. The second-order valence-corrected chi connectivity index (χ2v) is 5.75. The molecule has 2 aliphatic heterocycles. The number of ether oxygens (including phenoxy) is 1. The summed E-state index contributed by atoms with van der Waals surface area (Å²) in [6, 6.07) is 1.05. The van der Waals surface area contributed by atoms with Gasteiger partial charge in [0.2, 0.25) is 0 Å². The number of carbonyl (C=O) groups is 1. The van der Waals surface area contributed by atoms with Gasteiger partial charge in [0.15, 0.2) is 0 Å². The van der Waals surface area contributed by atoms with Crippen molar-refractivity contribution in [1.82, 2.24) is 9.80 Å². The second kappa shape index (κ2) is 5.55. The molecule has 0 spiro atoms. The summed E-state index contributed by atoms with van der Waals surface area (Å²) in [6.45, 7) is 7.47. The Morgan fingerprint density at radius 2 is 2.17 bits per heavy atom. The van der Waals surface area contributed by atoms with Gasteiger partial charge in [-0.3, -0.25) is 14.6 Å². The summed E-state index contributed by atoms with van der Waals surface area (Å²) in [5, 5.41) is 9.20. The molecule has 2 rings (SSSR count). The zero-order chi connectivity index (χ0) is 13.3. The highest BCUT2D eigenvalue weighted by atomic mass is 16.5. The molecule has 0 saturated carbocycles. The number of rotatable bonds is 4. The largest absolute Gasteiger partial charge is 0.481 e. The number of hydrogen-bond donors (Lipinski definition) is 1. The summed E-state index contributed by atoms with van der Waals surface area (Å²) in [6.07, 6.45) is 1.12. The van der Waals surface area contributed by atoms with Crippen LogP contribution in [0.3, 0.4) is 0 Å². The molecule has 0 radical (unpaired) electrons. The van der Waals surface area contributed by atoms with Crippen molar-refractivity contribution in [3.05, 3.63) is 0 Å². The van der Waals surface area contributed by atoms with Gasteiger partial charge in [-0.25, -0.2) is 0 Å². The molecule has 0 aromatic carbocycles. The molecule has 2 heterocycles. The molecule has 0 bridgehead atoms. The van der Waals surface area contributed by atoms with Crippen LogP contribution in [0, 0.1) is 5.92 Å². The smallest absolute Gasteiger partial charge is 0.310 e. The van der Waals surface area contributed by atoms with Crippen LogP contribution in [0.4, 0.5) is 0 Å². The molecule has 104 valence electrons. The molecule has 5 heteroatoms. The van der Waals surface area contributed by atoms with Crippen LogP contribution < -0.4 is 0 Å². The summed E-state index contributed by atoms with van der Waals surface area (Å²) in [5.74, 6) is -1.11. The van der Waals surface area contributed by atoms with Crippen LogP contribution in [-0.2, 0) is 9.53 Å². The van der Waals surface area contributed by atoms with Crippen LogP contribution in [0.5, 0.6) is 0 Å². The third-order valence-corrected chi connectivity index (χ3v) is 4.39. The molecule has 5 nitrogen and oxygen atoms in total. The van der Waals surface area contributed by atoms with Crippen LogP contribution in [0.25, 0.3) is 0 Å². The van der Waals surface area contributed by atoms with Crippen molar-refractivity contribution in [3.8, 4) is 0 Å². The van der Waals surface area contributed by atoms with E-state index in [0.717, 1.165) is 19.5 Å². The minimum Gasteiger partial charge on any atom is -0.481 e. The highest BCUT2D eigenvalue weighted by molar-refractivity contribution is 5.71. The molecule has 2 aliphatic rings. The van der Waals surface area contributed by atoms with Crippen LogP contribution in [-0.4, -0.2) is 72.4 Å². The monoisotopic (exact) mass is 256 g/mol. The Bertz CT molecular complexity index is 309. The summed E-state index contributed by atoms with van der Waals surface area (Å²) >= 11 is 0. The first-order valence-corrected chi connectivity index (χ1v) is 6.77. The highest BCUT2D eigenvalue weighted by Crippen LogP contribution is 2.25. The minimum atomic E-state index is -0.733. The van der Waals surface area contributed by atoms with E-state index >= 15 is 0 Å². The van der Waals surface area contributed by atoms with Crippen LogP contribution >= 0.6 is 0 Å². The average Bonchev–Trinajstić information content (AvgIpc) is 2.97. The molecule has 2 saturated heterocycles. The summed E-state index contributed by atoms with van der Waals surface area (Å²) in [7, 11) is 2.05. The van der Waals surface area contributed by atoms with Crippen molar-refractivity contribution in [2.75, 3.05) is 33.4 Å². The number of hydrogen-bond acceptors (Lipinski definition) is 4. The Morgan fingerprint density at radius 3 is 2.72 bits per heavy atom. The van der Waals surface area contributed by atoms with Gasteiger partial charge in [-0.2, -0.15) is 0 Å². The Hall–Kier alpha value is -0.650. The van der Waals surface area contributed by atoms with E-state index in [2.05, 4.69) is 23.6 Å². The Morgan fingerprint density at radius 1 is 1.44 bits per heavy atom. The molecule has 0 amide bonds. The normalized spacial score (nSPS) is 33.7. The number of aliphatic carboxylic acids is 1. The minimum absolute atomic E-state index is 0.0274. The van der Waals surface area contributed by atoms with E-state index in [1.54, 1.807) is 0 Å². The quantitative estimate of drug-likeness (QED) is 0.794. The maximum Gasteiger partial charge on any atom is 0.310 e. The van der Waals surface area contributed by atoms with Gasteiger partial charge in [-0.05, 0) is 27.3 Å². The Balaban J connectivity index is 1.95. The van der Waals surface area contributed by atoms with E-state index in [4.69, 9.17) is 4.74 Å². The molecule has 3 unspecified atom stereocenters. The SMILES string of the molecule is CC(C)N1CCC(N(C)C2COCC2C(=O)O)C1. The second-order valence-electron chi connectivity index (χ2n) is 5.75. The number of likely N-dealkylation sites (tertiary alicyclic amines) is 1. The Kier molecular flexibility index (Phi) is 4.25. The molecule has 0 aromatic rings. The fourth-order valence-corrected chi connectivity index (χ4v) is 3.02. The third kappa shape index (κ3) is 2.68. The van der Waals surface area contributed by atoms with E-state index in [1.807, 2.05) is 7.05 Å². The maximum atomic E-state index is 11.2. The molecule has 2 fully saturated rings. The molecule has 0 aromatic heterocycles. The lowest BCUT2D eigenvalue weighted by molar-refractivity contribution is -0.143. The van der Waals surface area contributed by atoms with Gasteiger partial charge in [-0.1, -0.05) is 0 Å². The summed E-state index contributed by atoms with van der Waals surface area (Å²) in [5.41, 5.74) is 0. The van der Waals surface area contributed by atoms with Crippen molar-refractivity contribution < 1.29 is 14.6 Å². The van der Waals surface area contributed by atoms with E-state index < -0.39 is 5.97 Å². The molecular weight excluding hydrogens is 232 g/mol. The van der Waals surface area contributed by atoms with Gasteiger partial charge in [0.1, 0.15) is 0 Å². The lowest BCUT2D eigenvalue weighted by Gasteiger charge is -2.32. The fraction of sp³-hybridized carbons (Fsp3) is 0.923. The predicted octanol–water partition coefficient (Wildman–Crippen LogP) is 0.501. The lowest BCUT2D eigenvalue weighted by atomic mass is 10.0. The Labute approximate surface area is 109 Å². The van der Waals surface area contributed by atoms with Crippen LogP contribution in [0.2, 0.25) is 0 Å². The first kappa shape index (κ1) is 13.8. The van der Waals surface area contributed by atoms with E-state index in [1.165, 1.54) is 0 Å². The van der Waals surface area contributed by atoms with Crippen LogP contribution in [0.1, 0.15) is 20.3 Å². The van der Waals surface area contributed by atoms with E-state index in [0.29, 0.717) is 25.3 Å². The number of carboxylic acids is 1. The van der Waals surface area contributed by atoms with Crippen molar-refractivity contribution in [1.29, 1.82) is 0 Å². The van der Waals surface area contributed by atoms with Crippen molar-refractivity contribution in [2.45, 2.75) is 38.4 Å². The molecular formula is C13H24N2O3. The lowest BCUT2D eigenvalue weighted by Crippen LogP contribution is -2.47. The molecule has 3 atom stereocenters. The first-order chi connectivity index (χ1) is 8.50. The van der Waals surface area contributed by atoms with Gasteiger partial charge < -0.3 is 9.84 Å². The van der Waals surface area contributed by atoms with Crippen molar-refractivity contribution in [2.24, 2.45) is 5.92 Å². The summed E-state index contributed by atoms with van der Waals surface area (Å²) in [4.78, 5) is 15.9. The van der Waals surface area contributed by atoms with Crippen LogP contribution in [0.15, 0.2) is 0 Å². The molecule has 1 N–H and O–H groups in total. The topological polar surface area (TPSA) is 53.0 Å². The van der Waals surface area contributed by atoms with Crippen molar-refractivity contribution >= 4 is 5.97 Å². The predicted molar refractivity (Wildman–Crippen MR) is 68.6 cm³/mol. The maximum absolute atomic E-state index is 11.2. The van der Waals surface area contributed by atoms with Gasteiger partial charge in [-0.15, -0.1) is 0 Å². The van der Waals surface area contributed by atoms with Gasteiger partial charge in [0.25, 0.3) is 0 Å². The fourth-order valence-electron chi connectivity index (χ4n) is 3.02. The zero-order valence-corrected chi connectivity index (χ0v) is 11.5. The summed E-state index contributed by atoms with van der Waals surface area (Å²) < 4.78 is 5.35. The zero-order valence-electron chi connectivity index (χ0n) is 11.5. The molecule has 0 aliphatic carbocycles. The highest BCUT2D eigenvalue weighted by Gasteiger charge is 2.40. The van der Waals surface area contributed by atoms with Crippen molar-refractivity contribution in [3.63, 3.8) is 0 Å². The average molecular weight is 256 g/mol. The van der Waals surface area contributed by atoms with Gasteiger partial charge >= 0.3 is 5.97 Å². The number of likely N-dealkylation sites (N-methyl/N-ethyl adjacent to an activating group) is 1. The van der Waals surface area contributed by atoms with E-state index in [9.17, 15) is 9.90 Å². The molecule has 18 heavy (non-hydrogen) atoms. The van der Waals surface area contributed by atoms with E-state index in [-0.39, 0.29) is 12.0 Å². The standard InChI is InChI=1S/C13H24N2O3/c1-9(2)15-5-4-10(6-15)14(3)12-8-18-7-11(12)13(16)17/h9-12H,4-8H2,1-3H3,(H,16,17). The third-order valence-electron chi connectivity index (χ3n) is 4.39.